The van der Waals surface area contributed by atoms with Crippen LogP contribution in [0.3, 0.4) is 0 Å². The van der Waals surface area contributed by atoms with Crippen molar-refractivity contribution < 1.29 is 58.0 Å². The van der Waals surface area contributed by atoms with Crippen LogP contribution in [0.4, 0.5) is 0 Å². The van der Waals surface area contributed by atoms with Crippen molar-refractivity contribution in [3.63, 3.8) is 0 Å². The van der Waals surface area contributed by atoms with Gasteiger partial charge in [0.1, 0.15) is 0 Å². The maximum atomic E-state index is 11.9. The van der Waals surface area contributed by atoms with Crippen LogP contribution in [0.15, 0.2) is 12.2 Å². The molecule has 0 amide bonds. The van der Waals surface area contributed by atoms with E-state index >= 15 is 0 Å². The quantitative estimate of drug-likeness (QED) is 0.0272. The molecule has 0 heterocycles. The van der Waals surface area contributed by atoms with E-state index in [0.29, 0.717) is 13.0 Å². The van der Waals surface area contributed by atoms with E-state index in [2.05, 4.69) is 26.0 Å². The van der Waals surface area contributed by atoms with E-state index in [9.17, 15) is 4.79 Å². The van der Waals surface area contributed by atoms with Crippen molar-refractivity contribution in [3.8, 4) is 0 Å². The third-order valence-corrected chi connectivity index (χ3v) is 7.40. The first-order chi connectivity index (χ1) is 19.8. The number of unbranched alkanes of at least 4 members (excludes halogenated alkanes) is 24. The van der Waals surface area contributed by atoms with Crippen LogP contribution < -0.4 is 29.6 Å². The zero-order chi connectivity index (χ0) is 30.7. The van der Waals surface area contributed by atoms with Crippen LogP contribution in [0.25, 0.3) is 0 Å². The van der Waals surface area contributed by atoms with E-state index in [1.807, 2.05) is 0 Å². The van der Waals surface area contributed by atoms with Crippen molar-refractivity contribution >= 4 is 16.4 Å². The van der Waals surface area contributed by atoms with E-state index in [1.165, 1.54) is 154 Å². The fraction of sp³-hybridized carbons (Fsp3) is 0.912. The van der Waals surface area contributed by atoms with Crippen molar-refractivity contribution in [2.24, 2.45) is 0 Å². The Kier molecular flexibility index (Phi) is 43.3. The van der Waals surface area contributed by atoms with Crippen LogP contribution in [-0.4, -0.2) is 30.1 Å². The molecule has 0 aliphatic rings. The van der Waals surface area contributed by atoms with Crippen molar-refractivity contribution in [1.82, 2.24) is 0 Å². The van der Waals surface area contributed by atoms with Crippen LogP contribution in [0.5, 0.6) is 0 Å². The minimum absolute atomic E-state index is 0. The van der Waals surface area contributed by atoms with Gasteiger partial charge in [0.15, 0.2) is 0 Å². The number of hydrogen-bond donors (Lipinski definition) is 2. The Morgan fingerprint density at radius 2 is 0.833 bits per heavy atom. The van der Waals surface area contributed by atoms with Crippen molar-refractivity contribution in [2.45, 2.75) is 194 Å². The summed E-state index contributed by atoms with van der Waals surface area (Å²) in [5, 5.41) is 0. The van der Waals surface area contributed by atoms with Crippen molar-refractivity contribution in [3.05, 3.63) is 12.2 Å². The molecule has 0 radical (unpaired) electrons. The van der Waals surface area contributed by atoms with Crippen molar-refractivity contribution in [2.75, 3.05) is 6.61 Å². The van der Waals surface area contributed by atoms with E-state index in [-0.39, 0.29) is 37.0 Å². The maximum absolute atomic E-state index is 11.9. The van der Waals surface area contributed by atoms with Gasteiger partial charge >= 0.3 is 45.9 Å². The van der Waals surface area contributed by atoms with E-state index in [1.54, 1.807) is 0 Å². The van der Waals surface area contributed by atoms with Gasteiger partial charge in [-0.1, -0.05) is 161 Å². The Morgan fingerprint density at radius 3 is 1.19 bits per heavy atom. The van der Waals surface area contributed by atoms with Crippen LogP contribution in [0.1, 0.15) is 195 Å². The Hall–Kier alpha value is 0.0800. The summed E-state index contributed by atoms with van der Waals surface area (Å²) in [6, 6.07) is 0. The Labute approximate surface area is 285 Å². The third kappa shape index (κ3) is 52.7. The Morgan fingerprint density at radius 1 is 0.548 bits per heavy atom. The second-order valence-corrected chi connectivity index (χ2v) is 12.5. The number of carbonyl (C=O) groups excluding carboxylic acids is 1. The first-order valence-corrected chi connectivity index (χ1v) is 18.7. The molecule has 0 aromatic rings. The van der Waals surface area contributed by atoms with Gasteiger partial charge in [-0.15, -0.1) is 0 Å². The molecule has 0 bridgehead atoms. The predicted molar refractivity (Wildman–Crippen MR) is 176 cm³/mol. The molecule has 0 aromatic heterocycles. The summed E-state index contributed by atoms with van der Waals surface area (Å²) in [5.74, 6) is 0.0160. The average molecular weight is 629 g/mol. The van der Waals surface area contributed by atoms with Gasteiger partial charge in [0, 0.05) is 6.42 Å². The van der Waals surface area contributed by atoms with Gasteiger partial charge < -0.3 is 6.16 Å². The fourth-order valence-electron chi connectivity index (χ4n) is 4.89. The Balaban J connectivity index is -0.000000996. The minimum Gasteiger partial charge on any atom is -1.00 e. The molecular weight excluding hydrogens is 559 g/mol. The first kappa shape index (κ1) is 46.5. The molecule has 248 valence electrons. The zero-order valence-electron chi connectivity index (χ0n) is 29.1. The molecule has 0 rings (SSSR count). The van der Waals surface area contributed by atoms with Gasteiger partial charge in [-0.05, 0) is 38.5 Å². The van der Waals surface area contributed by atoms with Gasteiger partial charge in [-0.2, -0.15) is 8.42 Å². The van der Waals surface area contributed by atoms with Crippen LogP contribution in [0.2, 0.25) is 0 Å². The van der Waals surface area contributed by atoms with Crippen molar-refractivity contribution in [1.29, 1.82) is 0 Å². The van der Waals surface area contributed by atoms with Crippen LogP contribution in [-0.2, 0) is 19.9 Å². The number of allylic oxidation sites excluding steroid dienone is 2. The SMILES string of the molecule is CCCCCCCCC=CCCCCCCCC(=O)OCCCCCCCCCCCCCCCC.O=S(=O)(O)O.[H-].[Na+]. The number of rotatable bonds is 30. The molecule has 0 atom stereocenters. The second kappa shape index (κ2) is 39.1. The first-order valence-electron chi connectivity index (χ1n) is 17.3. The monoisotopic (exact) mass is 628 g/mol. The van der Waals surface area contributed by atoms with Gasteiger partial charge in [0.2, 0.25) is 0 Å². The molecule has 0 aliphatic heterocycles. The molecular formula is C34H69NaO6S. The summed E-state index contributed by atoms with van der Waals surface area (Å²) in [5.41, 5.74) is 0. The van der Waals surface area contributed by atoms with Crippen LogP contribution >= 0.6 is 0 Å². The van der Waals surface area contributed by atoms with E-state index in [4.69, 9.17) is 22.3 Å². The molecule has 2 N–H and O–H groups in total. The standard InChI is InChI=1S/C34H66O2.Na.H2O4S.H/c1-3-5-7-9-11-13-15-17-19-20-22-24-26-28-30-32-34(35)36-33-31-29-27-25-23-21-18-16-14-12-10-8-6-4-2;;1-5(2,3)4;/h17,19H,3-16,18,20-33H2,1-2H3;;(H2,1,2,3,4);/q;+1;;-1. The molecule has 8 heteroatoms. The molecule has 0 saturated heterocycles. The summed E-state index contributed by atoms with van der Waals surface area (Å²) < 4.78 is 37.0. The summed E-state index contributed by atoms with van der Waals surface area (Å²) in [6.07, 6.45) is 41.2. The molecule has 0 spiro atoms. The van der Waals surface area contributed by atoms with Crippen LogP contribution in [0, 0.1) is 0 Å². The number of carbonyl (C=O) groups is 1. The van der Waals surface area contributed by atoms with Gasteiger partial charge in [0.05, 0.1) is 6.61 Å². The summed E-state index contributed by atoms with van der Waals surface area (Å²) in [4.78, 5) is 11.9. The third-order valence-electron chi connectivity index (χ3n) is 7.40. The normalized spacial score (nSPS) is 11.2. The summed E-state index contributed by atoms with van der Waals surface area (Å²) >= 11 is 0. The summed E-state index contributed by atoms with van der Waals surface area (Å²) in [7, 11) is -4.67. The molecule has 0 fully saturated rings. The molecule has 0 unspecified atom stereocenters. The topological polar surface area (TPSA) is 101 Å². The van der Waals surface area contributed by atoms with Gasteiger partial charge in [-0.25, -0.2) is 0 Å². The van der Waals surface area contributed by atoms with Gasteiger partial charge in [0.25, 0.3) is 0 Å². The molecule has 42 heavy (non-hydrogen) atoms. The molecule has 6 nitrogen and oxygen atoms in total. The van der Waals surface area contributed by atoms with Gasteiger partial charge in [-0.3, -0.25) is 13.9 Å². The minimum atomic E-state index is -4.67. The fourth-order valence-corrected chi connectivity index (χ4v) is 4.89. The largest absolute Gasteiger partial charge is 1.00 e. The number of hydrogen-bond acceptors (Lipinski definition) is 4. The maximum Gasteiger partial charge on any atom is 1.00 e. The Bertz CT molecular complexity index is 653. The number of esters is 1. The second-order valence-electron chi connectivity index (χ2n) is 11.6. The number of ether oxygens (including phenoxy) is 1. The zero-order valence-corrected chi connectivity index (χ0v) is 30.9. The smallest absolute Gasteiger partial charge is 1.00 e. The van der Waals surface area contributed by atoms with E-state index in [0.717, 1.165) is 19.3 Å². The molecule has 0 aromatic carbocycles. The predicted octanol–water partition coefficient (Wildman–Crippen LogP) is 8.51. The molecule has 0 aliphatic carbocycles. The average Bonchev–Trinajstić information content (AvgIpc) is 2.92. The summed E-state index contributed by atoms with van der Waals surface area (Å²) in [6.45, 7) is 5.19. The molecule has 0 saturated carbocycles. The van der Waals surface area contributed by atoms with E-state index < -0.39 is 10.4 Å².